The first-order valence-electron chi connectivity index (χ1n) is 7.91. The molecule has 0 unspecified atom stereocenters. The standard InChI is InChI=1S/C14H27N3O5S/c1-11(18)10-17-8-5-12(6-9-17)23(21,22)16-7-3-2-4-13(15)14(19)20/h12-13,16H,2-10,15H2,1H3,(H,19,20)/t13-/m0/s1. The van der Waals surface area contributed by atoms with Crippen molar-refractivity contribution in [2.24, 2.45) is 5.73 Å². The molecule has 0 radical (unpaired) electrons. The summed E-state index contributed by atoms with van der Waals surface area (Å²) < 4.78 is 27.0. The van der Waals surface area contributed by atoms with E-state index >= 15 is 0 Å². The zero-order chi connectivity index (χ0) is 17.5. The number of unbranched alkanes of at least 4 members (excludes halogenated alkanes) is 1. The van der Waals surface area contributed by atoms with E-state index in [9.17, 15) is 18.0 Å². The number of nitrogens with two attached hydrogens (primary N) is 1. The van der Waals surface area contributed by atoms with Crippen molar-refractivity contribution in [3.63, 3.8) is 0 Å². The summed E-state index contributed by atoms with van der Waals surface area (Å²) in [5.74, 6) is -0.952. The van der Waals surface area contributed by atoms with Crippen LogP contribution in [0.15, 0.2) is 0 Å². The Morgan fingerprint density at radius 1 is 1.30 bits per heavy atom. The Labute approximate surface area is 137 Å². The first-order chi connectivity index (χ1) is 10.7. The van der Waals surface area contributed by atoms with E-state index in [2.05, 4.69) is 4.72 Å². The topological polar surface area (TPSA) is 130 Å². The van der Waals surface area contributed by atoms with E-state index < -0.39 is 27.3 Å². The van der Waals surface area contributed by atoms with Crippen molar-refractivity contribution in [2.75, 3.05) is 26.2 Å². The number of carboxylic acids is 1. The lowest BCUT2D eigenvalue weighted by molar-refractivity contribution is -0.138. The SMILES string of the molecule is CC(=O)CN1CCC(S(=O)(=O)NCCCC[C@H](N)C(=O)O)CC1. The number of ketones is 1. The number of nitrogens with one attached hydrogen (secondary N) is 1. The van der Waals surface area contributed by atoms with E-state index in [1.54, 1.807) is 0 Å². The quantitative estimate of drug-likeness (QED) is 0.455. The first-order valence-corrected chi connectivity index (χ1v) is 9.45. The predicted octanol–water partition coefficient (Wildman–Crippen LogP) is -0.459. The van der Waals surface area contributed by atoms with Crippen LogP contribution in [0.2, 0.25) is 0 Å². The molecule has 0 aromatic heterocycles. The molecule has 8 nitrogen and oxygen atoms in total. The number of aliphatic carboxylic acids is 1. The zero-order valence-corrected chi connectivity index (χ0v) is 14.3. The third-order valence-electron chi connectivity index (χ3n) is 3.98. The molecule has 134 valence electrons. The molecule has 0 saturated carbocycles. The number of carboxylic acid groups (broad SMARTS) is 1. The lowest BCUT2D eigenvalue weighted by Gasteiger charge is -2.30. The maximum atomic E-state index is 12.2. The van der Waals surface area contributed by atoms with Gasteiger partial charge in [-0.2, -0.15) is 0 Å². The van der Waals surface area contributed by atoms with Crippen LogP contribution in [0.25, 0.3) is 0 Å². The summed E-state index contributed by atoms with van der Waals surface area (Å²) in [5, 5.41) is 8.23. The van der Waals surface area contributed by atoms with Crippen molar-refractivity contribution in [1.29, 1.82) is 0 Å². The average Bonchev–Trinajstić information content (AvgIpc) is 2.46. The van der Waals surface area contributed by atoms with Crippen molar-refractivity contribution < 1.29 is 23.1 Å². The maximum Gasteiger partial charge on any atom is 0.320 e. The van der Waals surface area contributed by atoms with Gasteiger partial charge in [0.1, 0.15) is 11.8 Å². The Balaban J connectivity index is 2.26. The highest BCUT2D eigenvalue weighted by Gasteiger charge is 2.29. The molecule has 23 heavy (non-hydrogen) atoms. The van der Waals surface area contributed by atoms with Crippen LogP contribution in [0.4, 0.5) is 0 Å². The molecule has 4 N–H and O–H groups in total. The van der Waals surface area contributed by atoms with Crippen LogP contribution in [-0.2, 0) is 19.6 Å². The summed E-state index contributed by atoms with van der Waals surface area (Å²) in [6, 6.07) is -0.891. The predicted molar refractivity (Wildman–Crippen MR) is 86.5 cm³/mol. The summed E-state index contributed by atoms with van der Waals surface area (Å²) in [6.07, 6.45) is 2.50. The van der Waals surface area contributed by atoms with Gasteiger partial charge in [0.05, 0.1) is 11.8 Å². The minimum Gasteiger partial charge on any atom is -0.480 e. The summed E-state index contributed by atoms with van der Waals surface area (Å²) in [4.78, 5) is 23.6. The van der Waals surface area contributed by atoms with Gasteiger partial charge in [-0.1, -0.05) is 6.42 Å². The van der Waals surface area contributed by atoms with Gasteiger partial charge >= 0.3 is 5.97 Å². The molecule has 1 fully saturated rings. The van der Waals surface area contributed by atoms with Gasteiger partial charge in [0.25, 0.3) is 0 Å². The van der Waals surface area contributed by atoms with Crippen LogP contribution in [0.5, 0.6) is 0 Å². The first kappa shape index (κ1) is 20.0. The van der Waals surface area contributed by atoms with Gasteiger partial charge in [0, 0.05) is 6.54 Å². The summed E-state index contributed by atoms with van der Waals surface area (Å²) in [7, 11) is -3.36. The van der Waals surface area contributed by atoms with Gasteiger partial charge in [0.15, 0.2) is 0 Å². The molecular weight excluding hydrogens is 322 g/mol. The van der Waals surface area contributed by atoms with E-state index in [-0.39, 0.29) is 5.78 Å². The zero-order valence-electron chi connectivity index (χ0n) is 13.5. The van der Waals surface area contributed by atoms with Gasteiger partial charge in [-0.05, 0) is 45.7 Å². The monoisotopic (exact) mass is 349 g/mol. The molecule has 0 aromatic carbocycles. The molecule has 1 atom stereocenters. The van der Waals surface area contributed by atoms with Crippen LogP contribution < -0.4 is 10.5 Å². The number of hydrogen-bond acceptors (Lipinski definition) is 6. The number of carbonyl (C=O) groups is 2. The van der Waals surface area contributed by atoms with Gasteiger partial charge in [-0.15, -0.1) is 0 Å². The minimum absolute atomic E-state index is 0.0870. The van der Waals surface area contributed by atoms with Crippen LogP contribution in [-0.4, -0.2) is 67.6 Å². The second kappa shape index (κ2) is 9.31. The van der Waals surface area contributed by atoms with Gasteiger partial charge < -0.3 is 10.8 Å². The van der Waals surface area contributed by atoms with E-state index in [1.807, 2.05) is 4.90 Å². The van der Waals surface area contributed by atoms with Crippen molar-refractivity contribution in [3.05, 3.63) is 0 Å². The molecule has 1 saturated heterocycles. The van der Waals surface area contributed by atoms with Crippen molar-refractivity contribution in [3.8, 4) is 0 Å². The molecule has 0 amide bonds. The average molecular weight is 349 g/mol. The fourth-order valence-corrected chi connectivity index (χ4v) is 4.13. The molecule has 9 heteroatoms. The van der Waals surface area contributed by atoms with E-state index in [0.717, 1.165) is 0 Å². The van der Waals surface area contributed by atoms with Gasteiger partial charge in [0.2, 0.25) is 10.0 Å². The van der Waals surface area contributed by atoms with Crippen molar-refractivity contribution in [1.82, 2.24) is 9.62 Å². The molecule has 1 rings (SSSR count). The normalized spacial score (nSPS) is 18.7. The molecule has 1 heterocycles. The smallest absolute Gasteiger partial charge is 0.320 e. The molecule has 0 aliphatic carbocycles. The van der Waals surface area contributed by atoms with Gasteiger partial charge in [-0.3, -0.25) is 14.5 Å². The highest BCUT2D eigenvalue weighted by atomic mass is 32.2. The Morgan fingerprint density at radius 2 is 1.91 bits per heavy atom. The number of sulfonamides is 1. The largest absolute Gasteiger partial charge is 0.480 e. The van der Waals surface area contributed by atoms with E-state index in [1.165, 1.54) is 6.92 Å². The Bertz CT molecular complexity index is 501. The Kier molecular flexibility index (Phi) is 8.10. The van der Waals surface area contributed by atoms with Crippen LogP contribution in [0.1, 0.15) is 39.0 Å². The number of Topliss-reactive ketones (excluding diaryl/α,β-unsaturated/α-hetero) is 1. The molecule has 0 bridgehead atoms. The number of likely N-dealkylation sites (tertiary alicyclic amines) is 1. The lowest BCUT2D eigenvalue weighted by Crippen LogP contribution is -2.44. The van der Waals surface area contributed by atoms with Crippen LogP contribution in [0.3, 0.4) is 0 Å². The minimum atomic E-state index is -3.36. The summed E-state index contributed by atoms with van der Waals surface area (Å²) in [6.45, 7) is 3.42. The third-order valence-corrected chi connectivity index (χ3v) is 5.94. The fourth-order valence-electron chi connectivity index (χ4n) is 2.64. The third kappa shape index (κ3) is 7.38. The second-order valence-corrected chi connectivity index (χ2v) is 8.10. The van der Waals surface area contributed by atoms with Crippen molar-refractivity contribution in [2.45, 2.75) is 50.3 Å². The maximum absolute atomic E-state index is 12.2. The van der Waals surface area contributed by atoms with Crippen molar-refractivity contribution >= 4 is 21.8 Å². The van der Waals surface area contributed by atoms with Crippen LogP contribution >= 0.6 is 0 Å². The number of rotatable bonds is 10. The summed E-state index contributed by atoms with van der Waals surface area (Å²) >= 11 is 0. The van der Waals surface area contributed by atoms with E-state index in [0.29, 0.717) is 58.3 Å². The second-order valence-electron chi connectivity index (χ2n) is 6.06. The van der Waals surface area contributed by atoms with Crippen LogP contribution in [0, 0.1) is 0 Å². The Morgan fingerprint density at radius 3 is 2.43 bits per heavy atom. The lowest BCUT2D eigenvalue weighted by atomic mass is 10.1. The Hall–Kier alpha value is -1.03. The number of piperidine rings is 1. The fraction of sp³-hybridized carbons (Fsp3) is 0.857. The molecular formula is C14H27N3O5S. The number of hydrogen-bond donors (Lipinski definition) is 3. The highest BCUT2D eigenvalue weighted by Crippen LogP contribution is 2.17. The van der Waals surface area contributed by atoms with E-state index in [4.69, 9.17) is 10.8 Å². The summed E-state index contributed by atoms with van der Waals surface area (Å²) in [5.41, 5.74) is 5.38. The highest BCUT2D eigenvalue weighted by molar-refractivity contribution is 7.90. The molecule has 0 spiro atoms. The molecule has 1 aliphatic heterocycles. The molecule has 0 aromatic rings. The number of nitrogens with zero attached hydrogens (tertiary/aromatic N) is 1. The number of carbonyl (C=O) groups excluding carboxylic acids is 1. The molecule has 1 aliphatic rings. The van der Waals surface area contributed by atoms with Gasteiger partial charge in [-0.25, -0.2) is 13.1 Å².